The summed E-state index contributed by atoms with van der Waals surface area (Å²) in [4.78, 5) is 28.7. The molecule has 1 aliphatic heterocycles. The summed E-state index contributed by atoms with van der Waals surface area (Å²) < 4.78 is 1.64. The van der Waals surface area contributed by atoms with Crippen molar-refractivity contribution in [1.82, 2.24) is 14.8 Å². The van der Waals surface area contributed by atoms with Crippen molar-refractivity contribution in [3.05, 3.63) is 71.3 Å². The lowest BCUT2D eigenvalue weighted by Crippen LogP contribution is -2.29. The molecule has 0 bridgehead atoms. The van der Waals surface area contributed by atoms with Gasteiger partial charge in [-0.05, 0) is 24.6 Å². The van der Waals surface area contributed by atoms with Crippen LogP contribution in [-0.2, 0) is 4.79 Å². The molecule has 0 aliphatic carbocycles. The minimum atomic E-state index is -0.292. The Labute approximate surface area is 150 Å². The number of carbonyl (C=O) groups excluding carboxylic acids is 2. The number of nitrogens with zero attached hydrogens (tertiary/aromatic N) is 3. The molecule has 2 heterocycles. The maximum absolute atomic E-state index is 12.4. The van der Waals surface area contributed by atoms with Crippen molar-refractivity contribution in [2.75, 3.05) is 10.6 Å². The number of rotatable bonds is 3. The van der Waals surface area contributed by atoms with Crippen molar-refractivity contribution in [2.45, 2.75) is 19.4 Å². The van der Waals surface area contributed by atoms with E-state index in [0.717, 1.165) is 11.1 Å². The molecule has 0 fully saturated rings. The smallest absolute Gasteiger partial charge is 0.258 e. The topological polar surface area (TPSA) is 88.9 Å². The van der Waals surface area contributed by atoms with Gasteiger partial charge in [-0.25, -0.2) is 4.68 Å². The lowest BCUT2D eigenvalue weighted by molar-refractivity contribution is -0.117. The number of hydrogen-bond donors (Lipinski definition) is 2. The normalized spacial score (nSPS) is 15.9. The highest BCUT2D eigenvalue weighted by molar-refractivity contribution is 6.03. The Morgan fingerprint density at radius 2 is 2.00 bits per heavy atom. The highest BCUT2D eigenvalue weighted by atomic mass is 16.2. The molecule has 2 aromatic carbocycles. The number of nitrogens with one attached hydrogen (secondary N) is 2. The lowest BCUT2D eigenvalue weighted by atomic mass is 10.0. The highest BCUT2D eigenvalue weighted by Crippen LogP contribution is 2.29. The zero-order valence-electron chi connectivity index (χ0n) is 14.1. The molecule has 0 saturated heterocycles. The third-order valence-electron chi connectivity index (χ3n) is 4.25. The lowest BCUT2D eigenvalue weighted by Gasteiger charge is -2.23. The van der Waals surface area contributed by atoms with Gasteiger partial charge in [-0.15, -0.1) is 5.10 Å². The highest BCUT2D eigenvalue weighted by Gasteiger charge is 2.29. The molecule has 1 atom stereocenters. The van der Waals surface area contributed by atoms with Gasteiger partial charge in [-0.3, -0.25) is 20.2 Å². The Morgan fingerprint density at radius 3 is 2.77 bits per heavy atom. The van der Waals surface area contributed by atoms with Crippen molar-refractivity contribution in [3.63, 3.8) is 0 Å². The van der Waals surface area contributed by atoms with Gasteiger partial charge in [0.15, 0.2) is 0 Å². The molecule has 4 rings (SSSR count). The van der Waals surface area contributed by atoms with E-state index in [0.29, 0.717) is 11.5 Å². The summed E-state index contributed by atoms with van der Waals surface area (Å²) in [5.41, 5.74) is 2.48. The van der Waals surface area contributed by atoms with Gasteiger partial charge in [0.2, 0.25) is 11.9 Å². The zero-order valence-corrected chi connectivity index (χ0v) is 14.1. The van der Waals surface area contributed by atoms with E-state index in [1.54, 1.807) is 16.8 Å². The van der Waals surface area contributed by atoms with Crippen LogP contribution in [-0.4, -0.2) is 26.6 Å². The Bertz CT molecular complexity index is 981. The van der Waals surface area contributed by atoms with E-state index in [1.165, 1.54) is 0 Å². The van der Waals surface area contributed by atoms with E-state index < -0.39 is 0 Å². The molecule has 3 aromatic rings. The molecule has 1 unspecified atom stereocenters. The number of aromatic nitrogens is 3. The Morgan fingerprint density at radius 1 is 1.19 bits per heavy atom. The molecule has 0 radical (unpaired) electrons. The van der Waals surface area contributed by atoms with Crippen molar-refractivity contribution in [2.24, 2.45) is 0 Å². The average molecular weight is 347 g/mol. The van der Waals surface area contributed by atoms with Crippen LogP contribution < -0.4 is 10.6 Å². The van der Waals surface area contributed by atoms with E-state index in [4.69, 9.17) is 0 Å². The quantitative estimate of drug-likeness (QED) is 0.762. The van der Waals surface area contributed by atoms with Gasteiger partial charge in [0, 0.05) is 5.56 Å². The Balaban J connectivity index is 1.63. The first-order chi connectivity index (χ1) is 12.6. The summed E-state index contributed by atoms with van der Waals surface area (Å²) >= 11 is 0. The first kappa shape index (κ1) is 16.0. The van der Waals surface area contributed by atoms with Crippen molar-refractivity contribution in [1.29, 1.82) is 0 Å². The van der Waals surface area contributed by atoms with Crippen LogP contribution in [0, 0.1) is 6.92 Å². The first-order valence-corrected chi connectivity index (χ1v) is 8.29. The number of hydrogen-bond acceptors (Lipinski definition) is 4. The van der Waals surface area contributed by atoms with Gasteiger partial charge in [0.1, 0.15) is 0 Å². The van der Waals surface area contributed by atoms with Gasteiger partial charge in [0.25, 0.3) is 11.9 Å². The third-order valence-corrected chi connectivity index (χ3v) is 4.25. The fraction of sp³-hybridized carbons (Fsp3) is 0.158. The molecule has 0 spiro atoms. The van der Waals surface area contributed by atoms with Crippen LogP contribution in [0.5, 0.6) is 0 Å². The first-order valence-electron chi connectivity index (χ1n) is 8.29. The van der Waals surface area contributed by atoms with Gasteiger partial charge in [0.05, 0.1) is 12.5 Å². The molecule has 1 aliphatic rings. The molecular weight excluding hydrogens is 330 g/mol. The summed E-state index contributed by atoms with van der Waals surface area (Å²) in [6.07, 6.45) is 0.269. The van der Waals surface area contributed by atoms with Crippen LogP contribution in [0.2, 0.25) is 0 Å². The number of benzene rings is 2. The number of carbonyl (C=O) groups is 2. The zero-order chi connectivity index (χ0) is 18.1. The van der Waals surface area contributed by atoms with Crippen molar-refractivity contribution < 1.29 is 9.59 Å². The van der Waals surface area contributed by atoms with Crippen molar-refractivity contribution >= 4 is 23.7 Å². The Kier molecular flexibility index (Phi) is 3.96. The number of fused-ring (bicyclic) bond motifs is 1. The van der Waals surface area contributed by atoms with Gasteiger partial charge < -0.3 is 0 Å². The fourth-order valence-electron chi connectivity index (χ4n) is 3.01. The van der Waals surface area contributed by atoms with E-state index in [-0.39, 0.29) is 30.2 Å². The monoisotopic (exact) mass is 347 g/mol. The molecule has 0 saturated carbocycles. The molecule has 130 valence electrons. The molecule has 7 nitrogen and oxygen atoms in total. The van der Waals surface area contributed by atoms with E-state index in [1.807, 2.05) is 49.4 Å². The predicted octanol–water partition coefficient (Wildman–Crippen LogP) is 2.77. The predicted molar refractivity (Wildman–Crippen MR) is 97.0 cm³/mol. The van der Waals surface area contributed by atoms with Gasteiger partial charge in [-0.2, -0.15) is 4.98 Å². The van der Waals surface area contributed by atoms with Crippen LogP contribution in [0.4, 0.5) is 11.9 Å². The van der Waals surface area contributed by atoms with Crippen molar-refractivity contribution in [3.8, 4) is 0 Å². The maximum Gasteiger partial charge on any atom is 0.258 e. The fourth-order valence-corrected chi connectivity index (χ4v) is 3.01. The second kappa shape index (κ2) is 6.44. The number of amides is 2. The SMILES string of the molecule is Cc1cccc(C(=O)Nc2nc3n(n2)C(c2ccccc2)CC(=O)N3)c1. The Hall–Kier alpha value is -3.48. The second-order valence-corrected chi connectivity index (χ2v) is 6.21. The van der Waals surface area contributed by atoms with E-state index in [9.17, 15) is 9.59 Å². The van der Waals surface area contributed by atoms with E-state index in [2.05, 4.69) is 20.7 Å². The van der Waals surface area contributed by atoms with E-state index >= 15 is 0 Å². The number of aryl methyl sites for hydroxylation is 1. The second-order valence-electron chi connectivity index (χ2n) is 6.21. The molecule has 1 aromatic heterocycles. The summed E-state index contributed by atoms with van der Waals surface area (Å²) in [7, 11) is 0. The summed E-state index contributed by atoms with van der Waals surface area (Å²) in [6.45, 7) is 1.92. The summed E-state index contributed by atoms with van der Waals surface area (Å²) in [5.74, 6) is 0.0684. The minimum absolute atomic E-state index is 0.129. The molecular formula is C19H17N5O2. The van der Waals surface area contributed by atoms with Gasteiger partial charge >= 0.3 is 0 Å². The minimum Gasteiger partial charge on any atom is -0.295 e. The van der Waals surface area contributed by atoms with Crippen LogP contribution in [0.3, 0.4) is 0 Å². The molecule has 2 amide bonds. The van der Waals surface area contributed by atoms with Crippen LogP contribution in [0.15, 0.2) is 54.6 Å². The number of anilines is 2. The molecule has 26 heavy (non-hydrogen) atoms. The third kappa shape index (κ3) is 3.06. The average Bonchev–Trinajstić information content (AvgIpc) is 3.03. The summed E-state index contributed by atoms with van der Waals surface area (Å²) in [5, 5.41) is 9.79. The standard InChI is InChI=1S/C19H17N5O2/c1-12-6-5-9-14(10-12)17(26)21-18-22-19-20-16(25)11-15(24(19)23-18)13-7-3-2-4-8-13/h2-10,15H,11H2,1H3,(H2,20,21,22,23,25,26). The van der Waals surface area contributed by atoms with Crippen LogP contribution >= 0.6 is 0 Å². The molecule has 7 heteroatoms. The molecule has 2 N–H and O–H groups in total. The largest absolute Gasteiger partial charge is 0.295 e. The van der Waals surface area contributed by atoms with Gasteiger partial charge in [-0.1, -0.05) is 48.0 Å². The maximum atomic E-state index is 12.4. The van der Waals surface area contributed by atoms with Crippen LogP contribution in [0.1, 0.15) is 33.9 Å². The summed E-state index contributed by atoms with van der Waals surface area (Å²) in [6, 6.07) is 16.6. The van der Waals surface area contributed by atoms with Crippen LogP contribution in [0.25, 0.3) is 0 Å².